The fraction of sp³-hybridized carbons (Fsp3) is 0.276. The van der Waals surface area contributed by atoms with Gasteiger partial charge in [-0.05, 0) is 55.3 Å². The molecule has 0 unspecified atom stereocenters. The third kappa shape index (κ3) is 4.80. The van der Waals surface area contributed by atoms with Gasteiger partial charge in [0.05, 0.1) is 23.7 Å². The highest BCUT2D eigenvalue weighted by Gasteiger charge is 2.47. The third-order valence-electron chi connectivity index (χ3n) is 6.39. The van der Waals surface area contributed by atoms with Crippen LogP contribution in [-0.2, 0) is 19.1 Å². The van der Waals surface area contributed by atoms with E-state index in [4.69, 9.17) is 19.2 Å². The largest absolute Gasteiger partial charge is 0.465 e. The van der Waals surface area contributed by atoms with Gasteiger partial charge >= 0.3 is 5.97 Å². The average molecular weight is 500 g/mol. The molecule has 1 amide bonds. The number of benzene rings is 3. The fourth-order valence-electron chi connectivity index (χ4n) is 4.81. The number of nitrogens with zero attached hydrogens (tertiary/aromatic N) is 3. The van der Waals surface area contributed by atoms with Crippen LogP contribution in [0.5, 0.6) is 11.5 Å². The summed E-state index contributed by atoms with van der Waals surface area (Å²) in [5.74, 6) is -0.183. The summed E-state index contributed by atoms with van der Waals surface area (Å²) in [5, 5.41) is 0. The van der Waals surface area contributed by atoms with Crippen LogP contribution in [0.4, 0.5) is 5.95 Å². The van der Waals surface area contributed by atoms with Gasteiger partial charge in [0.25, 0.3) is 0 Å². The summed E-state index contributed by atoms with van der Waals surface area (Å²) in [7, 11) is 1.62. The number of hydrogen-bond acceptors (Lipinski definition) is 6. The van der Waals surface area contributed by atoms with Gasteiger partial charge in [-0.25, -0.2) is 4.98 Å². The van der Waals surface area contributed by atoms with E-state index in [9.17, 15) is 9.59 Å². The van der Waals surface area contributed by atoms with Crippen molar-refractivity contribution in [1.82, 2.24) is 9.55 Å². The highest BCUT2D eigenvalue weighted by molar-refractivity contribution is 6.08. The summed E-state index contributed by atoms with van der Waals surface area (Å²) in [4.78, 5) is 33.7. The van der Waals surface area contributed by atoms with Crippen LogP contribution in [0.2, 0.25) is 0 Å². The fourth-order valence-corrected chi connectivity index (χ4v) is 4.81. The highest BCUT2D eigenvalue weighted by atomic mass is 16.5. The minimum atomic E-state index is -1.08. The summed E-state index contributed by atoms with van der Waals surface area (Å²) in [6.45, 7) is 2.77. The van der Waals surface area contributed by atoms with E-state index in [2.05, 4.69) is 0 Å². The van der Waals surface area contributed by atoms with Gasteiger partial charge in [0.1, 0.15) is 11.5 Å². The molecule has 4 aromatic rings. The number of para-hydroxylation sites is 3. The standard InChI is InChI=1S/C29H29N3O5/c1-3-36-28(34)25-26(20-11-9-14-22(19-20)37-21-12-5-4-6-13-21)32-24-16-8-7-15-23(24)30-29(32)31(27(25)33)17-10-18-35-2/h4-9,11-16,19,25-26H,3,10,17-18H2,1-2H3/t25-,26-/m0/s1. The zero-order chi connectivity index (χ0) is 25.8. The molecule has 0 spiro atoms. The molecule has 1 aliphatic rings. The zero-order valence-corrected chi connectivity index (χ0v) is 20.9. The molecule has 0 aliphatic carbocycles. The molecule has 5 rings (SSSR count). The number of aromatic nitrogens is 2. The molecule has 0 saturated heterocycles. The van der Waals surface area contributed by atoms with Crippen molar-refractivity contribution < 1.29 is 23.8 Å². The maximum atomic E-state index is 13.9. The first-order valence-electron chi connectivity index (χ1n) is 12.4. The summed E-state index contributed by atoms with van der Waals surface area (Å²) < 4.78 is 18.7. The van der Waals surface area contributed by atoms with Gasteiger partial charge in [-0.3, -0.25) is 14.5 Å². The Morgan fingerprint density at radius 2 is 1.73 bits per heavy atom. The topological polar surface area (TPSA) is 82.9 Å². The number of carbonyl (C=O) groups is 2. The molecular formula is C29H29N3O5. The minimum absolute atomic E-state index is 0.174. The van der Waals surface area contributed by atoms with Crippen LogP contribution in [0.25, 0.3) is 11.0 Å². The number of esters is 1. The Kier molecular flexibility index (Phi) is 7.18. The Bertz CT molecular complexity index is 1400. The van der Waals surface area contributed by atoms with E-state index in [0.29, 0.717) is 37.0 Å². The molecule has 1 aromatic heterocycles. The van der Waals surface area contributed by atoms with Crippen molar-refractivity contribution in [2.45, 2.75) is 19.4 Å². The molecule has 3 aromatic carbocycles. The number of methoxy groups -OCH3 is 1. The lowest BCUT2D eigenvalue weighted by Gasteiger charge is -2.38. The maximum absolute atomic E-state index is 13.9. The molecule has 8 heteroatoms. The van der Waals surface area contributed by atoms with Gasteiger partial charge in [0.15, 0.2) is 5.92 Å². The van der Waals surface area contributed by atoms with Crippen molar-refractivity contribution >= 4 is 28.9 Å². The number of rotatable bonds is 9. The highest BCUT2D eigenvalue weighted by Crippen LogP contribution is 2.42. The quantitative estimate of drug-likeness (QED) is 0.184. The van der Waals surface area contributed by atoms with Crippen molar-refractivity contribution in [3.63, 3.8) is 0 Å². The van der Waals surface area contributed by atoms with Crippen molar-refractivity contribution in [3.05, 3.63) is 84.4 Å². The Balaban J connectivity index is 1.66. The van der Waals surface area contributed by atoms with Crippen LogP contribution in [0.15, 0.2) is 78.9 Å². The van der Waals surface area contributed by atoms with Gasteiger partial charge in [-0.2, -0.15) is 0 Å². The van der Waals surface area contributed by atoms with Crippen LogP contribution in [-0.4, -0.2) is 48.3 Å². The van der Waals surface area contributed by atoms with E-state index in [1.807, 2.05) is 83.4 Å². The van der Waals surface area contributed by atoms with Crippen LogP contribution >= 0.6 is 0 Å². The van der Waals surface area contributed by atoms with E-state index >= 15 is 0 Å². The molecule has 0 saturated carbocycles. The molecule has 37 heavy (non-hydrogen) atoms. The summed E-state index contributed by atoms with van der Waals surface area (Å²) >= 11 is 0. The minimum Gasteiger partial charge on any atom is -0.465 e. The molecule has 0 N–H and O–H groups in total. The lowest BCUT2D eigenvalue weighted by molar-refractivity contribution is -0.153. The van der Waals surface area contributed by atoms with E-state index < -0.39 is 17.9 Å². The van der Waals surface area contributed by atoms with Crippen LogP contribution in [0, 0.1) is 5.92 Å². The molecule has 2 atom stereocenters. The first kappa shape index (κ1) is 24.5. The molecule has 0 radical (unpaired) electrons. The second-order valence-corrected chi connectivity index (χ2v) is 8.77. The Hall–Kier alpha value is -4.17. The van der Waals surface area contributed by atoms with E-state index in [-0.39, 0.29) is 12.5 Å². The van der Waals surface area contributed by atoms with Gasteiger partial charge < -0.3 is 18.8 Å². The van der Waals surface area contributed by atoms with E-state index in [1.54, 1.807) is 18.9 Å². The number of fused-ring (bicyclic) bond motifs is 3. The second-order valence-electron chi connectivity index (χ2n) is 8.77. The molecule has 0 fully saturated rings. The average Bonchev–Trinajstić information content (AvgIpc) is 3.29. The van der Waals surface area contributed by atoms with E-state index in [0.717, 1.165) is 16.6 Å². The van der Waals surface area contributed by atoms with Crippen molar-refractivity contribution in [1.29, 1.82) is 0 Å². The van der Waals surface area contributed by atoms with Crippen molar-refractivity contribution in [2.24, 2.45) is 5.92 Å². The number of carbonyl (C=O) groups excluding carboxylic acids is 2. The molecular weight excluding hydrogens is 470 g/mol. The van der Waals surface area contributed by atoms with Crippen LogP contribution in [0.3, 0.4) is 0 Å². The first-order valence-corrected chi connectivity index (χ1v) is 12.4. The SMILES string of the molecule is CCOC(=O)[C@@H]1C(=O)N(CCCOC)c2nc3ccccc3n2[C@H]1c1cccc(Oc2ccccc2)c1. The van der Waals surface area contributed by atoms with Crippen molar-refractivity contribution in [3.8, 4) is 11.5 Å². The predicted molar refractivity (Wildman–Crippen MR) is 140 cm³/mol. The number of imidazole rings is 1. The van der Waals surface area contributed by atoms with Crippen LogP contribution < -0.4 is 9.64 Å². The summed E-state index contributed by atoms with van der Waals surface area (Å²) in [5.41, 5.74) is 2.32. The third-order valence-corrected chi connectivity index (χ3v) is 6.39. The Labute approximate surface area is 215 Å². The predicted octanol–water partition coefficient (Wildman–Crippen LogP) is 4.98. The Morgan fingerprint density at radius 1 is 0.973 bits per heavy atom. The van der Waals surface area contributed by atoms with Gasteiger partial charge in [0, 0.05) is 20.3 Å². The zero-order valence-electron chi connectivity index (χ0n) is 20.9. The smallest absolute Gasteiger partial charge is 0.321 e. The molecule has 8 nitrogen and oxygen atoms in total. The number of ether oxygens (including phenoxy) is 3. The lowest BCUT2D eigenvalue weighted by atomic mass is 9.89. The van der Waals surface area contributed by atoms with Gasteiger partial charge in [-0.15, -0.1) is 0 Å². The monoisotopic (exact) mass is 499 g/mol. The molecule has 0 bridgehead atoms. The van der Waals surface area contributed by atoms with Crippen LogP contribution in [0.1, 0.15) is 24.9 Å². The summed E-state index contributed by atoms with van der Waals surface area (Å²) in [6, 6.07) is 24.0. The second kappa shape index (κ2) is 10.8. The first-order chi connectivity index (χ1) is 18.1. The normalized spacial score (nSPS) is 17.0. The van der Waals surface area contributed by atoms with Gasteiger partial charge in [0.2, 0.25) is 11.9 Å². The lowest BCUT2D eigenvalue weighted by Crippen LogP contribution is -2.50. The molecule has 2 heterocycles. The van der Waals surface area contributed by atoms with Crippen molar-refractivity contribution in [2.75, 3.05) is 31.8 Å². The maximum Gasteiger partial charge on any atom is 0.321 e. The molecule has 190 valence electrons. The number of hydrogen-bond donors (Lipinski definition) is 0. The number of amides is 1. The van der Waals surface area contributed by atoms with Gasteiger partial charge in [-0.1, -0.05) is 42.5 Å². The summed E-state index contributed by atoms with van der Waals surface area (Å²) in [6.07, 6.45) is 0.603. The van der Waals surface area contributed by atoms with E-state index in [1.165, 1.54) is 0 Å². The molecule has 1 aliphatic heterocycles. The Morgan fingerprint density at radius 3 is 2.51 bits per heavy atom. The number of anilines is 1.